The first-order valence-electron chi connectivity index (χ1n) is 13.5. The third kappa shape index (κ3) is 2.88. The second-order valence-electron chi connectivity index (χ2n) is 13.8. The van der Waals surface area contributed by atoms with E-state index in [0.717, 1.165) is 50.5 Å². The highest BCUT2D eigenvalue weighted by Crippen LogP contribution is 2.75. The number of phenolic OH excluding ortho intramolecular Hbond substituents is 2. The summed E-state index contributed by atoms with van der Waals surface area (Å²) in [6.07, 6.45) is 4.89. The predicted octanol–water partition coefficient (Wildman–Crippen LogP) is 5.42. The summed E-state index contributed by atoms with van der Waals surface area (Å²) in [6, 6.07) is 1.56. The molecule has 0 radical (unpaired) electrons. The van der Waals surface area contributed by atoms with Crippen molar-refractivity contribution in [2.75, 3.05) is 7.11 Å². The molecular weight excluding hydrogens is 456 g/mol. The maximum Gasteiger partial charge on any atom is 0.311 e. The third-order valence-corrected chi connectivity index (χ3v) is 12.2. The maximum atomic E-state index is 13.7. The number of benzene rings is 1. The zero-order valence-corrected chi connectivity index (χ0v) is 22.8. The van der Waals surface area contributed by atoms with E-state index in [9.17, 15) is 24.9 Å². The first-order chi connectivity index (χ1) is 16.6. The fourth-order valence-electron chi connectivity index (χ4n) is 9.69. The minimum Gasteiger partial charge on any atom is -0.504 e. The van der Waals surface area contributed by atoms with E-state index in [1.165, 1.54) is 7.11 Å². The van der Waals surface area contributed by atoms with Gasteiger partial charge >= 0.3 is 5.97 Å². The largest absolute Gasteiger partial charge is 0.504 e. The van der Waals surface area contributed by atoms with Gasteiger partial charge in [0.05, 0.1) is 12.5 Å². The lowest BCUT2D eigenvalue weighted by Gasteiger charge is -2.72. The van der Waals surface area contributed by atoms with Gasteiger partial charge in [-0.3, -0.25) is 9.59 Å². The van der Waals surface area contributed by atoms with Gasteiger partial charge in [0.25, 0.3) is 0 Å². The lowest BCUT2D eigenvalue weighted by Crippen LogP contribution is -2.68. The Morgan fingerprint density at radius 1 is 0.972 bits per heavy atom. The second-order valence-corrected chi connectivity index (χ2v) is 13.8. The Morgan fingerprint density at radius 3 is 2.22 bits per heavy atom. The molecule has 0 aromatic heterocycles. The number of carbonyl (C=O) groups is 2. The molecule has 8 atom stereocenters. The summed E-state index contributed by atoms with van der Waals surface area (Å²) < 4.78 is 5.24. The van der Waals surface area contributed by atoms with Gasteiger partial charge in [-0.15, -0.1) is 0 Å². The van der Waals surface area contributed by atoms with Crippen molar-refractivity contribution in [1.82, 2.24) is 0 Å². The van der Waals surface area contributed by atoms with Gasteiger partial charge in [-0.25, -0.2) is 0 Å². The number of ketones is 1. The molecule has 8 unspecified atom stereocenters. The summed E-state index contributed by atoms with van der Waals surface area (Å²) in [5.41, 5.74) is -0.0624. The summed E-state index contributed by atoms with van der Waals surface area (Å²) >= 11 is 0. The van der Waals surface area contributed by atoms with Crippen molar-refractivity contribution in [3.8, 4) is 11.5 Å². The molecule has 198 valence electrons. The van der Waals surface area contributed by atoms with Crippen molar-refractivity contribution < 1.29 is 29.6 Å². The van der Waals surface area contributed by atoms with Crippen LogP contribution in [0.25, 0.3) is 0 Å². The fourth-order valence-corrected chi connectivity index (χ4v) is 9.69. The van der Waals surface area contributed by atoms with E-state index in [4.69, 9.17) is 4.74 Å². The number of rotatable bonds is 1. The summed E-state index contributed by atoms with van der Waals surface area (Å²) in [7, 11) is 1.47. The van der Waals surface area contributed by atoms with Crippen molar-refractivity contribution in [3.05, 3.63) is 22.8 Å². The molecule has 3 fully saturated rings. The number of esters is 1. The van der Waals surface area contributed by atoms with Crippen molar-refractivity contribution in [2.24, 2.45) is 33.5 Å². The Kier molecular flexibility index (Phi) is 5.32. The third-order valence-electron chi connectivity index (χ3n) is 12.2. The Hall–Kier alpha value is -2.08. The van der Waals surface area contributed by atoms with Gasteiger partial charge in [-0.2, -0.15) is 0 Å². The van der Waals surface area contributed by atoms with Crippen LogP contribution in [-0.2, 0) is 14.9 Å². The molecule has 1 aromatic carbocycles. The molecule has 3 saturated carbocycles. The van der Waals surface area contributed by atoms with Gasteiger partial charge in [0.1, 0.15) is 6.10 Å². The van der Waals surface area contributed by atoms with Crippen LogP contribution in [0.2, 0.25) is 0 Å². The average molecular weight is 499 g/mol. The average Bonchev–Trinajstić information content (AvgIpc) is 2.83. The maximum absolute atomic E-state index is 13.7. The van der Waals surface area contributed by atoms with Crippen LogP contribution in [0.3, 0.4) is 0 Å². The number of hydrogen-bond donors (Lipinski definition) is 3. The molecule has 1 aromatic rings. The van der Waals surface area contributed by atoms with E-state index in [1.54, 1.807) is 13.0 Å². The molecule has 4 aliphatic rings. The molecule has 0 saturated heterocycles. The standard InChI is InChI=1S/C30H42O6/c1-16-20-17(14-18(31)21(16)32)28(4)11-13-29(5)19-15-27(3,25(35)36-7)9-8-26(19,2)10-12-30(29,6)24(28)23(34)22(20)33/h14,19,23-24,31-32,34H,8-13,15H2,1-7H3. The van der Waals surface area contributed by atoms with E-state index >= 15 is 0 Å². The lowest BCUT2D eigenvalue weighted by atomic mass is 9.32. The molecule has 3 N–H and O–H groups in total. The summed E-state index contributed by atoms with van der Waals surface area (Å²) in [5, 5.41) is 32.6. The molecule has 0 aliphatic heterocycles. The van der Waals surface area contributed by atoms with E-state index in [0.29, 0.717) is 11.1 Å². The molecule has 0 spiro atoms. The molecule has 5 rings (SSSR count). The van der Waals surface area contributed by atoms with Gasteiger partial charge in [0.2, 0.25) is 0 Å². The smallest absolute Gasteiger partial charge is 0.311 e. The van der Waals surface area contributed by atoms with Crippen LogP contribution in [0, 0.1) is 40.4 Å². The Balaban J connectivity index is 1.66. The van der Waals surface area contributed by atoms with Crippen LogP contribution >= 0.6 is 0 Å². The van der Waals surface area contributed by atoms with Crippen molar-refractivity contribution in [1.29, 1.82) is 0 Å². The zero-order valence-electron chi connectivity index (χ0n) is 22.8. The van der Waals surface area contributed by atoms with Crippen molar-refractivity contribution >= 4 is 11.8 Å². The number of methoxy groups -OCH3 is 1. The molecule has 36 heavy (non-hydrogen) atoms. The van der Waals surface area contributed by atoms with E-state index in [-0.39, 0.29) is 51.3 Å². The van der Waals surface area contributed by atoms with Crippen molar-refractivity contribution in [2.45, 2.75) is 98.0 Å². The normalized spacial score (nSPS) is 45.7. The van der Waals surface area contributed by atoms with E-state index < -0.39 is 16.9 Å². The molecular formula is C30H42O6. The number of aromatic hydroxyl groups is 2. The van der Waals surface area contributed by atoms with E-state index in [1.807, 2.05) is 6.92 Å². The summed E-state index contributed by atoms with van der Waals surface area (Å²) in [6.45, 7) is 12.8. The number of fused-ring (bicyclic) bond motifs is 7. The predicted molar refractivity (Wildman–Crippen MR) is 136 cm³/mol. The number of ether oxygens (including phenoxy) is 1. The molecule has 0 heterocycles. The number of aliphatic hydroxyl groups excluding tert-OH is 1. The van der Waals surface area contributed by atoms with Crippen LogP contribution in [0.15, 0.2) is 6.07 Å². The monoisotopic (exact) mass is 498 g/mol. The van der Waals surface area contributed by atoms with Gasteiger partial charge < -0.3 is 20.1 Å². The number of Topliss-reactive ketones (excluding diaryl/α,β-unsaturated/α-hetero) is 1. The Labute approximate surface area is 214 Å². The number of aliphatic hydroxyl groups is 1. The Bertz CT molecular complexity index is 1160. The zero-order chi connectivity index (χ0) is 26.6. The van der Waals surface area contributed by atoms with Crippen LogP contribution in [0.4, 0.5) is 0 Å². The first-order valence-corrected chi connectivity index (χ1v) is 13.5. The van der Waals surface area contributed by atoms with Crippen molar-refractivity contribution in [3.63, 3.8) is 0 Å². The fraction of sp³-hybridized carbons (Fsp3) is 0.733. The highest BCUT2D eigenvalue weighted by Gasteiger charge is 2.71. The quantitative estimate of drug-likeness (QED) is 0.353. The lowest BCUT2D eigenvalue weighted by molar-refractivity contribution is -0.224. The summed E-state index contributed by atoms with van der Waals surface area (Å²) in [5.74, 6) is -1.09. The number of carbonyl (C=O) groups excluding carboxylic acids is 2. The van der Waals surface area contributed by atoms with Crippen LogP contribution < -0.4 is 0 Å². The highest BCUT2D eigenvalue weighted by molar-refractivity contribution is 6.05. The number of hydrogen-bond acceptors (Lipinski definition) is 6. The van der Waals surface area contributed by atoms with Crippen LogP contribution in [0.5, 0.6) is 11.5 Å². The summed E-state index contributed by atoms with van der Waals surface area (Å²) in [4.78, 5) is 26.6. The molecule has 0 bridgehead atoms. The molecule has 6 heteroatoms. The topological polar surface area (TPSA) is 104 Å². The van der Waals surface area contributed by atoms with Gasteiger partial charge in [-0.05, 0) is 98.0 Å². The van der Waals surface area contributed by atoms with Gasteiger partial charge in [0.15, 0.2) is 17.3 Å². The number of phenols is 2. The van der Waals surface area contributed by atoms with Gasteiger partial charge in [0, 0.05) is 17.0 Å². The van der Waals surface area contributed by atoms with Gasteiger partial charge in [-0.1, -0.05) is 27.7 Å². The highest BCUT2D eigenvalue weighted by atomic mass is 16.5. The molecule has 0 amide bonds. The second kappa shape index (κ2) is 7.49. The first kappa shape index (κ1) is 25.6. The van der Waals surface area contributed by atoms with E-state index in [2.05, 4.69) is 27.7 Å². The molecule has 6 nitrogen and oxygen atoms in total. The van der Waals surface area contributed by atoms with Crippen LogP contribution in [-0.4, -0.2) is 40.3 Å². The SMILES string of the molecule is COC(=O)C1(C)CCC2(C)CCC3(C)C4C(O)C(=O)c5c(cc(O)c(O)c5C)C4(C)CCC3(C)C2C1. The minimum absolute atomic E-state index is 0.0950. The van der Waals surface area contributed by atoms with Crippen LogP contribution in [0.1, 0.15) is 101 Å². The Morgan fingerprint density at radius 2 is 1.58 bits per heavy atom. The molecule has 4 aliphatic carbocycles. The minimum atomic E-state index is -1.19.